The first kappa shape index (κ1) is 19.7. The van der Waals surface area contributed by atoms with Gasteiger partial charge in [-0.15, -0.1) is 0 Å². The van der Waals surface area contributed by atoms with E-state index < -0.39 is 0 Å². The van der Waals surface area contributed by atoms with Crippen LogP contribution < -0.4 is 15.8 Å². The van der Waals surface area contributed by atoms with Crippen LogP contribution in [0.2, 0.25) is 0 Å². The van der Waals surface area contributed by atoms with Gasteiger partial charge in [-0.2, -0.15) is 0 Å². The number of nitrogens with zero attached hydrogens (tertiary/aromatic N) is 2. The van der Waals surface area contributed by atoms with Gasteiger partial charge in [0, 0.05) is 31.9 Å². The van der Waals surface area contributed by atoms with E-state index in [-0.39, 0.29) is 11.9 Å². The second-order valence-electron chi connectivity index (χ2n) is 8.08. The monoisotopic (exact) mass is 394 g/mol. The number of carbonyl (C=O) groups excluding carboxylic acids is 1. The Morgan fingerprint density at radius 1 is 1.21 bits per heavy atom. The second kappa shape index (κ2) is 8.82. The Kier molecular flexibility index (Phi) is 6.00. The third-order valence-corrected chi connectivity index (χ3v) is 5.77. The van der Waals surface area contributed by atoms with E-state index >= 15 is 0 Å². The summed E-state index contributed by atoms with van der Waals surface area (Å²) in [6.07, 6.45) is 6.00. The highest BCUT2D eigenvalue weighted by molar-refractivity contribution is 5.94. The van der Waals surface area contributed by atoms with E-state index in [0.717, 1.165) is 38.2 Å². The molecule has 1 amide bonds. The van der Waals surface area contributed by atoms with Crippen LogP contribution in [0.25, 0.3) is 0 Å². The Morgan fingerprint density at radius 2 is 2.00 bits per heavy atom. The van der Waals surface area contributed by atoms with Crippen LogP contribution in [0.3, 0.4) is 0 Å². The summed E-state index contributed by atoms with van der Waals surface area (Å²) in [6.45, 7) is 5.62. The van der Waals surface area contributed by atoms with Crippen LogP contribution >= 0.6 is 0 Å². The van der Waals surface area contributed by atoms with Crippen molar-refractivity contribution in [2.45, 2.75) is 51.1 Å². The normalized spacial score (nSPS) is 17.8. The predicted octanol–water partition coefficient (Wildman–Crippen LogP) is 3.33. The molecule has 3 N–H and O–H groups in total. The molecule has 2 aromatic rings. The number of aromatic nitrogens is 1. The van der Waals surface area contributed by atoms with Gasteiger partial charge >= 0.3 is 0 Å². The summed E-state index contributed by atoms with van der Waals surface area (Å²) >= 11 is 0. The number of piperidine rings is 1. The quantitative estimate of drug-likeness (QED) is 0.753. The SMILES string of the molecule is CCOc1cc(CN2CCC(NC(=O)c3ccc(N)nc3)CC2)ccc1C1CC1. The van der Waals surface area contributed by atoms with Crippen LogP contribution in [0, 0.1) is 0 Å². The van der Waals surface area contributed by atoms with Crippen molar-refractivity contribution in [1.82, 2.24) is 15.2 Å². The molecule has 0 radical (unpaired) electrons. The minimum atomic E-state index is -0.0760. The molecule has 2 fully saturated rings. The summed E-state index contributed by atoms with van der Waals surface area (Å²) in [5, 5.41) is 3.13. The molecule has 29 heavy (non-hydrogen) atoms. The molecule has 6 nitrogen and oxygen atoms in total. The molecular formula is C23H30N4O2. The molecule has 2 aliphatic rings. The molecule has 1 aliphatic heterocycles. The lowest BCUT2D eigenvalue weighted by molar-refractivity contribution is 0.0908. The number of nitrogen functional groups attached to an aromatic ring is 1. The molecule has 0 bridgehead atoms. The van der Waals surface area contributed by atoms with Crippen molar-refractivity contribution in [2.75, 3.05) is 25.4 Å². The maximum absolute atomic E-state index is 12.4. The minimum absolute atomic E-state index is 0.0760. The molecule has 0 atom stereocenters. The summed E-state index contributed by atoms with van der Waals surface area (Å²) in [7, 11) is 0. The van der Waals surface area contributed by atoms with E-state index in [9.17, 15) is 4.79 Å². The number of anilines is 1. The Hall–Kier alpha value is -2.60. The van der Waals surface area contributed by atoms with Crippen molar-refractivity contribution in [3.05, 3.63) is 53.2 Å². The van der Waals surface area contributed by atoms with Crippen molar-refractivity contribution in [2.24, 2.45) is 0 Å². The average Bonchev–Trinajstić information content (AvgIpc) is 3.56. The number of nitrogens with two attached hydrogens (primary N) is 1. The highest BCUT2D eigenvalue weighted by Gasteiger charge is 2.27. The molecule has 1 aliphatic carbocycles. The van der Waals surface area contributed by atoms with Gasteiger partial charge in [0.1, 0.15) is 11.6 Å². The maximum Gasteiger partial charge on any atom is 0.253 e. The van der Waals surface area contributed by atoms with Gasteiger partial charge in [0.15, 0.2) is 0 Å². The molecule has 1 saturated carbocycles. The fourth-order valence-electron chi connectivity index (χ4n) is 3.99. The largest absolute Gasteiger partial charge is 0.494 e. The lowest BCUT2D eigenvalue weighted by Crippen LogP contribution is -2.44. The van der Waals surface area contributed by atoms with Gasteiger partial charge in [0.25, 0.3) is 5.91 Å². The van der Waals surface area contributed by atoms with Crippen molar-refractivity contribution in [3.8, 4) is 5.75 Å². The third-order valence-electron chi connectivity index (χ3n) is 5.77. The smallest absolute Gasteiger partial charge is 0.253 e. The van der Waals surface area contributed by atoms with E-state index in [1.54, 1.807) is 12.1 Å². The molecule has 0 unspecified atom stereocenters. The Labute approximate surface area is 172 Å². The molecule has 4 rings (SSSR count). The highest BCUT2D eigenvalue weighted by Crippen LogP contribution is 2.44. The van der Waals surface area contributed by atoms with Crippen LogP contribution in [0.15, 0.2) is 36.5 Å². The molecule has 1 saturated heterocycles. The number of nitrogens with one attached hydrogen (secondary N) is 1. The summed E-state index contributed by atoms with van der Waals surface area (Å²) in [5.41, 5.74) is 8.81. The zero-order chi connectivity index (χ0) is 20.2. The Morgan fingerprint density at radius 3 is 2.66 bits per heavy atom. The maximum atomic E-state index is 12.4. The summed E-state index contributed by atoms with van der Waals surface area (Å²) in [4.78, 5) is 18.8. The van der Waals surface area contributed by atoms with Crippen LogP contribution in [-0.4, -0.2) is 41.5 Å². The first-order valence-corrected chi connectivity index (χ1v) is 10.6. The fourth-order valence-corrected chi connectivity index (χ4v) is 3.99. The molecule has 1 aromatic heterocycles. The summed E-state index contributed by atoms with van der Waals surface area (Å²) < 4.78 is 5.90. The first-order valence-electron chi connectivity index (χ1n) is 10.6. The number of hydrogen-bond acceptors (Lipinski definition) is 5. The lowest BCUT2D eigenvalue weighted by Gasteiger charge is -2.32. The Balaban J connectivity index is 1.29. The fraction of sp³-hybridized carbons (Fsp3) is 0.478. The molecule has 0 spiro atoms. The molecule has 1 aromatic carbocycles. The predicted molar refractivity (Wildman–Crippen MR) is 114 cm³/mol. The van der Waals surface area contributed by atoms with Gasteiger partial charge in [0.05, 0.1) is 12.2 Å². The van der Waals surface area contributed by atoms with Crippen LogP contribution in [-0.2, 0) is 6.54 Å². The van der Waals surface area contributed by atoms with E-state index in [0.29, 0.717) is 23.9 Å². The van der Waals surface area contributed by atoms with Crippen molar-refractivity contribution in [3.63, 3.8) is 0 Å². The summed E-state index contributed by atoms with van der Waals surface area (Å²) in [6, 6.07) is 10.3. The highest BCUT2D eigenvalue weighted by atomic mass is 16.5. The van der Waals surface area contributed by atoms with E-state index in [4.69, 9.17) is 10.5 Å². The number of likely N-dealkylation sites (tertiary alicyclic amines) is 1. The van der Waals surface area contributed by atoms with Gasteiger partial charge < -0.3 is 15.8 Å². The molecule has 154 valence electrons. The lowest BCUT2D eigenvalue weighted by atomic mass is 10.0. The minimum Gasteiger partial charge on any atom is -0.494 e. The van der Waals surface area contributed by atoms with E-state index in [2.05, 4.69) is 33.4 Å². The van der Waals surface area contributed by atoms with E-state index in [1.165, 1.54) is 30.2 Å². The van der Waals surface area contributed by atoms with Crippen LogP contribution in [0.5, 0.6) is 5.75 Å². The number of hydrogen-bond donors (Lipinski definition) is 2. The summed E-state index contributed by atoms with van der Waals surface area (Å²) in [5.74, 6) is 2.11. The van der Waals surface area contributed by atoms with Gasteiger partial charge in [-0.1, -0.05) is 12.1 Å². The van der Waals surface area contributed by atoms with Crippen LogP contribution in [0.4, 0.5) is 5.82 Å². The van der Waals surface area contributed by atoms with Crippen LogP contribution in [0.1, 0.15) is 60.0 Å². The number of benzene rings is 1. The number of pyridine rings is 1. The van der Waals surface area contributed by atoms with Gasteiger partial charge in [-0.25, -0.2) is 4.98 Å². The van der Waals surface area contributed by atoms with E-state index in [1.807, 2.05) is 6.92 Å². The topological polar surface area (TPSA) is 80.5 Å². The molecule has 2 heterocycles. The number of amides is 1. The van der Waals surface area contributed by atoms with Crippen molar-refractivity contribution >= 4 is 11.7 Å². The van der Waals surface area contributed by atoms with Crippen molar-refractivity contribution < 1.29 is 9.53 Å². The third kappa shape index (κ3) is 5.07. The zero-order valence-corrected chi connectivity index (χ0v) is 17.1. The zero-order valence-electron chi connectivity index (χ0n) is 17.1. The number of ether oxygens (including phenoxy) is 1. The van der Waals surface area contributed by atoms with Gasteiger partial charge in [-0.05, 0) is 67.9 Å². The van der Waals surface area contributed by atoms with Gasteiger partial charge in [-0.3, -0.25) is 9.69 Å². The van der Waals surface area contributed by atoms with Gasteiger partial charge in [0.2, 0.25) is 0 Å². The standard InChI is InChI=1S/C23H30N4O2/c1-2-29-21-13-16(3-7-20(21)17-4-5-17)15-27-11-9-19(10-12-27)26-23(28)18-6-8-22(24)25-14-18/h3,6-8,13-14,17,19H,2,4-5,9-12,15H2,1H3,(H2,24,25)(H,26,28). The number of rotatable bonds is 7. The first-order chi connectivity index (χ1) is 14.1. The number of carbonyl (C=O) groups is 1. The molecular weight excluding hydrogens is 364 g/mol. The Bertz CT molecular complexity index is 840. The average molecular weight is 395 g/mol. The second-order valence-corrected chi connectivity index (χ2v) is 8.08. The molecule has 6 heteroatoms. The van der Waals surface area contributed by atoms with Crippen molar-refractivity contribution in [1.29, 1.82) is 0 Å².